The van der Waals surface area contributed by atoms with Gasteiger partial charge in [-0.15, -0.1) is 0 Å². The first-order valence-electron chi connectivity index (χ1n) is 7.52. The van der Waals surface area contributed by atoms with Crippen LogP contribution in [0.4, 0.5) is 5.82 Å². The fourth-order valence-electron chi connectivity index (χ4n) is 2.82. The van der Waals surface area contributed by atoms with Crippen molar-refractivity contribution >= 4 is 11.8 Å². The zero-order valence-corrected chi connectivity index (χ0v) is 13.4. The van der Waals surface area contributed by atoms with Crippen molar-refractivity contribution in [2.24, 2.45) is 11.8 Å². The van der Waals surface area contributed by atoms with E-state index in [0.717, 1.165) is 4.57 Å². The smallest absolute Gasteiger partial charge is 0.350 e. The molecule has 1 fully saturated rings. The highest BCUT2D eigenvalue weighted by Crippen LogP contribution is 2.40. The number of anilines is 1. The molecule has 4 atom stereocenters. The monoisotopic (exact) mass is 336 g/mol. The second-order valence-electron chi connectivity index (χ2n) is 6.23. The summed E-state index contributed by atoms with van der Waals surface area (Å²) in [6.45, 7) is 3.18. The van der Waals surface area contributed by atoms with Gasteiger partial charge in [-0.2, -0.15) is 10.2 Å². The normalized spacial score (nSPS) is 29.4. The highest BCUT2D eigenvalue weighted by atomic mass is 16.5. The van der Waals surface area contributed by atoms with Crippen molar-refractivity contribution in [2.75, 3.05) is 12.3 Å². The van der Waals surface area contributed by atoms with Gasteiger partial charge in [0, 0.05) is 12.1 Å². The molecule has 9 heteroatoms. The molecule has 1 aromatic rings. The van der Waals surface area contributed by atoms with Crippen LogP contribution in [0.5, 0.6) is 0 Å². The summed E-state index contributed by atoms with van der Waals surface area (Å²) in [5, 5.41) is 30.2. The highest BCUT2D eigenvalue weighted by molar-refractivity contribution is 5.71. The summed E-state index contributed by atoms with van der Waals surface area (Å²) in [7, 11) is 0. The average molecular weight is 336 g/mol. The molecule has 0 saturated heterocycles. The van der Waals surface area contributed by atoms with E-state index in [9.17, 15) is 25.1 Å². The molecular formula is C15H20N4O5. The van der Waals surface area contributed by atoms with Crippen LogP contribution in [0.2, 0.25) is 0 Å². The highest BCUT2D eigenvalue weighted by Gasteiger charge is 2.55. The fraction of sp³-hybridized carbons (Fsp3) is 0.600. The van der Waals surface area contributed by atoms with E-state index in [1.165, 1.54) is 12.3 Å². The van der Waals surface area contributed by atoms with Crippen LogP contribution in [0.15, 0.2) is 17.1 Å². The number of ether oxygens (including phenoxy) is 1. The van der Waals surface area contributed by atoms with Gasteiger partial charge in [0.1, 0.15) is 11.9 Å². The maximum Gasteiger partial charge on any atom is 0.350 e. The molecule has 1 saturated carbocycles. The Kier molecular flexibility index (Phi) is 4.91. The molecule has 0 spiro atoms. The first-order chi connectivity index (χ1) is 11.2. The molecule has 0 aliphatic heterocycles. The van der Waals surface area contributed by atoms with E-state index in [1.54, 1.807) is 13.8 Å². The number of rotatable bonds is 4. The van der Waals surface area contributed by atoms with Gasteiger partial charge in [0.25, 0.3) is 0 Å². The SMILES string of the molecule is CC(C)C(=O)OC[C@H]1C[C@@](C#N)(n2ccc(N)nc2=O)C(O)C1O. The summed E-state index contributed by atoms with van der Waals surface area (Å²) < 4.78 is 6.05. The van der Waals surface area contributed by atoms with Crippen molar-refractivity contribution in [3.8, 4) is 6.07 Å². The van der Waals surface area contributed by atoms with Crippen molar-refractivity contribution in [3.63, 3.8) is 0 Å². The predicted octanol–water partition coefficient (Wildman–Crippen LogP) is -1.01. The Bertz CT molecular complexity index is 725. The molecule has 0 amide bonds. The molecule has 1 aliphatic carbocycles. The fourth-order valence-corrected chi connectivity index (χ4v) is 2.82. The first-order valence-corrected chi connectivity index (χ1v) is 7.52. The Morgan fingerprint density at radius 3 is 2.83 bits per heavy atom. The molecule has 0 radical (unpaired) electrons. The molecule has 24 heavy (non-hydrogen) atoms. The molecule has 2 rings (SSSR count). The Morgan fingerprint density at radius 2 is 2.29 bits per heavy atom. The van der Waals surface area contributed by atoms with Crippen LogP contribution < -0.4 is 11.4 Å². The van der Waals surface area contributed by atoms with Crippen molar-refractivity contribution < 1.29 is 19.7 Å². The lowest BCUT2D eigenvalue weighted by atomic mass is 9.95. The topological polar surface area (TPSA) is 151 Å². The van der Waals surface area contributed by atoms with E-state index in [2.05, 4.69) is 4.98 Å². The second-order valence-corrected chi connectivity index (χ2v) is 6.23. The van der Waals surface area contributed by atoms with Crippen LogP contribution in [-0.4, -0.2) is 44.5 Å². The Hall–Kier alpha value is -2.44. The second kappa shape index (κ2) is 6.59. The molecule has 1 aromatic heterocycles. The molecule has 2 unspecified atom stereocenters. The number of hydrogen-bond donors (Lipinski definition) is 3. The lowest BCUT2D eigenvalue weighted by molar-refractivity contribution is -0.150. The van der Waals surface area contributed by atoms with E-state index in [-0.39, 0.29) is 24.8 Å². The van der Waals surface area contributed by atoms with Gasteiger partial charge in [0.15, 0.2) is 5.54 Å². The van der Waals surface area contributed by atoms with Crippen molar-refractivity contribution in [1.29, 1.82) is 5.26 Å². The van der Waals surface area contributed by atoms with Gasteiger partial charge in [0.2, 0.25) is 0 Å². The minimum Gasteiger partial charge on any atom is -0.465 e. The van der Waals surface area contributed by atoms with E-state index in [0.29, 0.717) is 0 Å². The standard InChI is InChI=1S/C15H20N4O5/c1-8(2)13(22)24-6-9-5-15(7-16,12(21)11(9)20)19-4-3-10(17)18-14(19)23/h3-4,8-9,11-12,20-21H,5-6H2,1-2H3,(H2,17,18,23)/t9-,11?,12?,15+/m1/s1. The summed E-state index contributed by atoms with van der Waals surface area (Å²) in [4.78, 5) is 27.2. The Labute approximate surface area is 138 Å². The van der Waals surface area contributed by atoms with Gasteiger partial charge in [-0.05, 0) is 12.5 Å². The molecule has 130 valence electrons. The van der Waals surface area contributed by atoms with Crippen LogP contribution in [0, 0.1) is 23.2 Å². The van der Waals surface area contributed by atoms with Crippen LogP contribution >= 0.6 is 0 Å². The number of carbonyl (C=O) groups excluding carboxylic acids is 1. The van der Waals surface area contributed by atoms with Crippen LogP contribution in [-0.2, 0) is 15.1 Å². The Morgan fingerprint density at radius 1 is 1.62 bits per heavy atom. The van der Waals surface area contributed by atoms with Gasteiger partial charge in [-0.3, -0.25) is 9.36 Å². The van der Waals surface area contributed by atoms with E-state index >= 15 is 0 Å². The maximum atomic E-state index is 12.0. The third-order valence-electron chi connectivity index (χ3n) is 4.23. The minimum atomic E-state index is -1.70. The van der Waals surface area contributed by atoms with Crippen molar-refractivity contribution in [2.45, 2.75) is 38.0 Å². The molecule has 0 bridgehead atoms. The summed E-state index contributed by atoms with van der Waals surface area (Å²) in [6, 6.07) is 3.23. The number of hydrogen-bond acceptors (Lipinski definition) is 8. The number of nitrogens with two attached hydrogens (primary N) is 1. The number of carbonyl (C=O) groups is 1. The van der Waals surface area contributed by atoms with Gasteiger partial charge in [-0.25, -0.2) is 4.79 Å². The molecular weight excluding hydrogens is 316 g/mol. The van der Waals surface area contributed by atoms with Gasteiger partial charge < -0.3 is 20.7 Å². The van der Waals surface area contributed by atoms with E-state index in [4.69, 9.17) is 10.5 Å². The van der Waals surface area contributed by atoms with Crippen LogP contribution in [0.25, 0.3) is 0 Å². The summed E-state index contributed by atoms with van der Waals surface area (Å²) in [5.41, 5.74) is 2.93. The molecule has 4 N–H and O–H groups in total. The third-order valence-corrected chi connectivity index (χ3v) is 4.23. The quantitative estimate of drug-likeness (QED) is 0.591. The lowest BCUT2D eigenvalue weighted by Gasteiger charge is -2.27. The van der Waals surface area contributed by atoms with E-state index in [1.807, 2.05) is 6.07 Å². The van der Waals surface area contributed by atoms with Crippen molar-refractivity contribution in [1.82, 2.24) is 9.55 Å². The largest absolute Gasteiger partial charge is 0.465 e. The number of nitrogens with zero attached hydrogens (tertiary/aromatic N) is 3. The van der Waals surface area contributed by atoms with Gasteiger partial charge >= 0.3 is 11.7 Å². The average Bonchev–Trinajstić information content (AvgIpc) is 2.77. The first kappa shape index (κ1) is 17.9. The summed E-state index contributed by atoms with van der Waals surface area (Å²) in [6.07, 6.45) is -1.67. The van der Waals surface area contributed by atoms with Crippen molar-refractivity contribution in [3.05, 3.63) is 22.7 Å². The van der Waals surface area contributed by atoms with Crippen LogP contribution in [0.3, 0.4) is 0 Å². The van der Waals surface area contributed by atoms with E-state index < -0.39 is 35.3 Å². The van der Waals surface area contributed by atoms with Gasteiger partial charge in [0.05, 0.1) is 24.7 Å². The summed E-state index contributed by atoms with van der Waals surface area (Å²) in [5.74, 6) is -1.48. The Balaban J connectivity index is 2.30. The number of aliphatic hydroxyl groups is 2. The maximum absolute atomic E-state index is 12.0. The molecule has 1 heterocycles. The van der Waals surface area contributed by atoms with Gasteiger partial charge in [-0.1, -0.05) is 13.8 Å². The number of aromatic nitrogens is 2. The number of aliphatic hydroxyl groups excluding tert-OH is 2. The summed E-state index contributed by atoms with van der Waals surface area (Å²) >= 11 is 0. The molecule has 9 nitrogen and oxygen atoms in total. The molecule has 1 aliphatic rings. The number of esters is 1. The minimum absolute atomic E-state index is 0.0141. The number of nitrogen functional groups attached to an aromatic ring is 1. The zero-order valence-electron chi connectivity index (χ0n) is 13.4. The number of nitriles is 1. The predicted molar refractivity (Wildman–Crippen MR) is 82.4 cm³/mol. The lowest BCUT2D eigenvalue weighted by Crippen LogP contribution is -2.48. The van der Waals surface area contributed by atoms with Crippen LogP contribution in [0.1, 0.15) is 20.3 Å². The zero-order chi connectivity index (χ0) is 18.1. The third kappa shape index (κ3) is 2.98. The molecule has 0 aromatic carbocycles.